The van der Waals surface area contributed by atoms with Gasteiger partial charge in [0.15, 0.2) is 5.78 Å². The molecule has 1 amide bonds. The Morgan fingerprint density at radius 3 is 2.72 bits per heavy atom. The summed E-state index contributed by atoms with van der Waals surface area (Å²) >= 11 is 0. The molecule has 188 valence electrons. The first-order valence-electron chi connectivity index (χ1n) is 12.7. The third kappa shape index (κ3) is 4.29. The molecular formula is C30H33NO5. The number of ether oxygens (including phenoxy) is 2. The molecule has 0 spiro atoms. The van der Waals surface area contributed by atoms with Crippen molar-refractivity contribution in [3.63, 3.8) is 0 Å². The van der Waals surface area contributed by atoms with E-state index in [9.17, 15) is 14.7 Å². The molecule has 2 N–H and O–H groups in total. The van der Waals surface area contributed by atoms with Gasteiger partial charge in [0.2, 0.25) is 5.79 Å². The van der Waals surface area contributed by atoms with Crippen molar-refractivity contribution in [3.8, 4) is 5.75 Å². The van der Waals surface area contributed by atoms with E-state index < -0.39 is 5.79 Å². The quantitative estimate of drug-likeness (QED) is 0.534. The summed E-state index contributed by atoms with van der Waals surface area (Å²) in [7, 11) is 1.61. The van der Waals surface area contributed by atoms with Crippen LogP contribution in [0.25, 0.3) is 0 Å². The number of ketones is 1. The van der Waals surface area contributed by atoms with Gasteiger partial charge >= 0.3 is 0 Å². The summed E-state index contributed by atoms with van der Waals surface area (Å²) in [6.45, 7) is 2.82. The van der Waals surface area contributed by atoms with Crippen molar-refractivity contribution < 1.29 is 24.2 Å². The third-order valence-corrected chi connectivity index (χ3v) is 7.98. The standard InChI is InChI=1S/C30H33NO5/c1-19-21(10-6-7-15-32)16-23-25(33)13-14-30(35-2)28(23)27(19)24-17-22(11-12-26(24)36-30)29(34)31-18-20-8-4-3-5-9-20/h3-5,8-9,11-14,16-17,19,21,27-28,32H,6-7,10,15,18H2,1-2H3,(H,31,34). The van der Waals surface area contributed by atoms with Gasteiger partial charge in [-0.2, -0.15) is 0 Å². The van der Waals surface area contributed by atoms with E-state index in [-0.39, 0.29) is 42.0 Å². The number of allylic oxidation sites excluding steroid dienone is 2. The van der Waals surface area contributed by atoms with E-state index in [2.05, 4.69) is 18.3 Å². The highest BCUT2D eigenvalue weighted by Gasteiger charge is 2.57. The number of benzene rings is 2. The van der Waals surface area contributed by atoms with E-state index in [1.54, 1.807) is 25.3 Å². The minimum Gasteiger partial charge on any atom is -0.458 e. The van der Waals surface area contributed by atoms with Crippen molar-refractivity contribution in [2.45, 2.75) is 44.4 Å². The zero-order chi connectivity index (χ0) is 25.3. The van der Waals surface area contributed by atoms with E-state index in [0.717, 1.165) is 36.0 Å². The Hall–Kier alpha value is -3.22. The molecule has 3 aliphatic rings. The number of methoxy groups -OCH3 is 1. The summed E-state index contributed by atoms with van der Waals surface area (Å²) in [5.41, 5.74) is 3.26. The molecular weight excluding hydrogens is 454 g/mol. The fraction of sp³-hybridized carbons (Fsp3) is 0.400. The average Bonchev–Trinajstić information content (AvgIpc) is 2.91. The van der Waals surface area contributed by atoms with Crippen molar-refractivity contribution in [2.24, 2.45) is 17.8 Å². The number of hydrogen-bond acceptors (Lipinski definition) is 5. The summed E-state index contributed by atoms with van der Waals surface area (Å²) < 4.78 is 12.4. The van der Waals surface area contributed by atoms with Gasteiger partial charge in [-0.1, -0.05) is 49.8 Å². The van der Waals surface area contributed by atoms with E-state index in [1.165, 1.54) is 0 Å². The monoisotopic (exact) mass is 487 g/mol. The Morgan fingerprint density at radius 2 is 1.97 bits per heavy atom. The predicted molar refractivity (Wildman–Crippen MR) is 136 cm³/mol. The van der Waals surface area contributed by atoms with Crippen LogP contribution in [0.5, 0.6) is 5.75 Å². The lowest BCUT2D eigenvalue weighted by molar-refractivity contribution is -0.179. The smallest absolute Gasteiger partial charge is 0.251 e. The summed E-state index contributed by atoms with van der Waals surface area (Å²) in [5.74, 6) is -0.513. The van der Waals surface area contributed by atoms with Gasteiger partial charge in [0.1, 0.15) is 5.75 Å². The number of aliphatic hydroxyl groups is 1. The molecule has 5 unspecified atom stereocenters. The molecule has 36 heavy (non-hydrogen) atoms. The maximum atomic E-state index is 13.1. The molecule has 0 saturated heterocycles. The van der Waals surface area contributed by atoms with Crippen LogP contribution in [0.2, 0.25) is 0 Å². The molecule has 2 aromatic rings. The molecule has 6 heteroatoms. The second kappa shape index (κ2) is 10.0. The number of rotatable bonds is 8. The van der Waals surface area contributed by atoms with Crippen LogP contribution in [0.15, 0.2) is 72.3 Å². The molecule has 2 aliphatic carbocycles. The molecule has 0 fully saturated rings. The van der Waals surface area contributed by atoms with Crippen LogP contribution >= 0.6 is 0 Å². The topological polar surface area (TPSA) is 84.9 Å². The molecule has 2 aromatic carbocycles. The number of carbonyl (C=O) groups is 2. The van der Waals surface area contributed by atoms with Crippen molar-refractivity contribution in [1.29, 1.82) is 0 Å². The molecule has 1 aliphatic heterocycles. The first-order valence-corrected chi connectivity index (χ1v) is 12.7. The molecule has 1 heterocycles. The molecule has 0 saturated carbocycles. The van der Waals surface area contributed by atoms with Gasteiger partial charge in [0.25, 0.3) is 5.91 Å². The average molecular weight is 488 g/mol. The SMILES string of the molecule is COC12C=CC(=O)C3=CC(CCCCO)C(C)C(c4cc(C(=O)NCc5ccccc5)ccc4O1)C32. The highest BCUT2D eigenvalue weighted by atomic mass is 16.7. The first-order chi connectivity index (χ1) is 17.5. The second-order valence-electron chi connectivity index (χ2n) is 10.0. The maximum Gasteiger partial charge on any atom is 0.251 e. The maximum absolute atomic E-state index is 13.1. The van der Waals surface area contributed by atoms with E-state index in [0.29, 0.717) is 17.9 Å². The molecule has 5 atom stereocenters. The van der Waals surface area contributed by atoms with Gasteiger partial charge in [-0.3, -0.25) is 9.59 Å². The lowest BCUT2D eigenvalue weighted by Gasteiger charge is -2.53. The zero-order valence-corrected chi connectivity index (χ0v) is 20.8. The zero-order valence-electron chi connectivity index (χ0n) is 20.8. The van der Waals surface area contributed by atoms with Crippen LogP contribution in [0.3, 0.4) is 0 Å². The molecule has 0 radical (unpaired) electrons. The van der Waals surface area contributed by atoms with Crippen molar-refractivity contribution in [1.82, 2.24) is 5.32 Å². The van der Waals surface area contributed by atoms with Crippen LogP contribution in [-0.4, -0.2) is 36.3 Å². The Labute approximate surface area is 212 Å². The van der Waals surface area contributed by atoms with Crippen LogP contribution in [0, 0.1) is 17.8 Å². The van der Waals surface area contributed by atoms with Gasteiger partial charge in [0, 0.05) is 37.3 Å². The van der Waals surface area contributed by atoms with Crippen molar-refractivity contribution in [3.05, 3.63) is 89.0 Å². The Bertz CT molecular complexity index is 1200. The minimum atomic E-state index is -1.06. The predicted octanol–water partition coefficient (Wildman–Crippen LogP) is 4.55. The molecule has 0 bridgehead atoms. The van der Waals surface area contributed by atoms with E-state index in [1.807, 2.05) is 42.5 Å². The number of hydrogen-bond donors (Lipinski definition) is 2. The Morgan fingerprint density at radius 1 is 1.17 bits per heavy atom. The number of nitrogens with one attached hydrogen (secondary N) is 1. The third-order valence-electron chi connectivity index (χ3n) is 7.98. The van der Waals surface area contributed by atoms with Crippen molar-refractivity contribution >= 4 is 11.7 Å². The lowest BCUT2D eigenvalue weighted by atomic mass is 9.58. The minimum absolute atomic E-state index is 0.0134. The highest BCUT2D eigenvalue weighted by Crippen LogP contribution is 2.58. The van der Waals surface area contributed by atoms with Crippen molar-refractivity contribution in [2.75, 3.05) is 13.7 Å². The number of amides is 1. The van der Waals surface area contributed by atoms with Crippen LogP contribution < -0.4 is 10.1 Å². The lowest BCUT2D eigenvalue weighted by Crippen LogP contribution is -2.56. The molecule has 0 aromatic heterocycles. The highest BCUT2D eigenvalue weighted by molar-refractivity contribution is 6.06. The fourth-order valence-electron chi connectivity index (χ4n) is 6.07. The first kappa shape index (κ1) is 24.5. The van der Waals surface area contributed by atoms with Gasteiger partial charge in [-0.25, -0.2) is 0 Å². The van der Waals surface area contributed by atoms with Gasteiger partial charge in [-0.05, 0) is 66.2 Å². The summed E-state index contributed by atoms with van der Waals surface area (Å²) in [6.07, 6.45) is 7.91. The van der Waals surface area contributed by atoms with Gasteiger partial charge < -0.3 is 19.9 Å². The van der Waals surface area contributed by atoms with Crippen LogP contribution in [-0.2, 0) is 16.1 Å². The van der Waals surface area contributed by atoms with E-state index >= 15 is 0 Å². The Kier molecular flexibility index (Phi) is 6.82. The summed E-state index contributed by atoms with van der Waals surface area (Å²) in [4.78, 5) is 26.1. The number of fused-ring (bicyclic) bond motifs is 2. The molecule has 5 rings (SSSR count). The number of carbonyl (C=O) groups excluding carboxylic acids is 2. The number of unbranched alkanes of at least 4 members (excludes halogenated alkanes) is 1. The number of aliphatic hydroxyl groups excluding tert-OH is 1. The second-order valence-corrected chi connectivity index (χ2v) is 10.0. The normalized spacial score (nSPS) is 28.0. The largest absolute Gasteiger partial charge is 0.458 e. The summed E-state index contributed by atoms with van der Waals surface area (Å²) in [5, 5.41) is 12.3. The molecule has 6 nitrogen and oxygen atoms in total. The van der Waals surface area contributed by atoms with Gasteiger partial charge in [0.05, 0.1) is 5.92 Å². The Balaban J connectivity index is 1.51. The van der Waals surface area contributed by atoms with Crippen LogP contribution in [0.1, 0.15) is 53.6 Å². The summed E-state index contributed by atoms with van der Waals surface area (Å²) in [6, 6.07) is 15.4. The van der Waals surface area contributed by atoms with Gasteiger partial charge in [-0.15, -0.1) is 0 Å². The van der Waals surface area contributed by atoms with Crippen LogP contribution in [0.4, 0.5) is 0 Å². The van der Waals surface area contributed by atoms with E-state index in [4.69, 9.17) is 9.47 Å². The fourth-order valence-corrected chi connectivity index (χ4v) is 6.07.